The minimum atomic E-state index is -0.271. The van der Waals surface area contributed by atoms with E-state index in [0.29, 0.717) is 19.6 Å². The summed E-state index contributed by atoms with van der Waals surface area (Å²) in [7, 11) is 1.68. The number of nitrogens with two attached hydrogens (primary N) is 1. The van der Waals surface area contributed by atoms with Gasteiger partial charge in [0, 0.05) is 45.1 Å². The van der Waals surface area contributed by atoms with Gasteiger partial charge in [-0.3, -0.25) is 4.79 Å². The molecule has 1 amide bonds. The van der Waals surface area contributed by atoms with Gasteiger partial charge in [-0.2, -0.15) is 0 Å². The van der Waals surface area contributed by atoms with Crippen LogP contribution >= 0.6 is 0 Å². The lowest BCUT2D eigenvalue weighted by atomic mass is 10.3. The van der Waals surface area contributed by atoms with Gasteiger partial charge in [-0.25, -0.2) is 0 Å². The highest BCUT2D eigenvalue weighted by molar-refractivity contribution is 5.73. The SMILES string of the molecule is COCCNCc1cccn1CCC(N)=O. The van der Waals surface area contributed by atoms with E-state index in [-0.39, 0.29) is 5.91 Å². The van der Waals surface area contributed by atoms with Gasteiger partial charge in [0.2, 0.25) is 5.91 Å². The first-order chi connectivity index (χ1) is 7.74. The predicted molar refractivity (Wildman–Crippen MR) is 61.8 cm³/mol. The van der Waals surface area contributed by atoms with Crippen molar-refractivity contribution in [2.24, 2.45) is 5.73 Å². The molecule has 0 atom stereocenters. The van der Waals surface area contributed by atoms with E-state index in [1.165, 1.54) is 0 Å². The molecule has 90 valence electrons. The van der Waals surface area contributed by atoms with Gasteiger partial charge in [-0.1, -0.05) is 0 Å². The standard InChI is InChI=1S/C11H19N3O2/c1-16-8-5-13-9-10-3-2-6-14(10)7-4-11(12)15/h2-3,6,13H,4-5,7-9H2,1H3,(H2,12,15). The van der Waals surface area contributed by atoms with Gasteiger partial charge < -0.3 is 20.4 Å². The van der Waals surface area contributed by atoms with Crippen LogP contribution in [0.1, 0.15) is 12.1 Å². The van der Waals surface area contributed by atoms with Crippen LogP contribution in [0.2, 0.25) is 0 Å². The fraction of sp³-hybridized carbons (Fsp3) is 0.545. The quantitative estimate of drug-likeness (QED) is 0.616. The van der Waals surface area contributed by atoms with Gasteiger partial charge >= 0.3 is 0 Å². The van der Waals surface area contributed by atoms with E-state index in [4.69, 9.17) is 10.5 Å². The Balaban J connectivity index is 2.35. The number of ether oxygens (including phenoxy) is 1. The first-order valence-electron chi connectivity index (χ1n) is 5.36. The van der Waals surface area contributed by atoms with E-state index >= 15 is 0 Å². The number of aromatic nitrogens is 1. The molecule has 5 heteroatoms. The van der Waals surface area contributed by atoms with Gasteiger partial charge in [-0.15, -0.1) is 0 Å². The molecule has 0 aliphatic heterocycles. The summed E-state index contributed by atoms with van der Waals surface area (Å²) in [5, 5.41) is 3.25. The van der Waals surface area contributed by atoms with Crippen LogP contribution < -0.4 is 11.1 Å². The Labute approximate surface area is 95.6 Å². The molecule has 0 aliphatic rings. The summed E-state index contributed by atoms with van der Waals surface area (Å²) >= 11 is 0. The molecule has 1 heterocycles. The Morgan fingerprint density at radius 2 is 2.44 bits per heavy atom. The molecule has 0 bridgehead atoms. The first-order valence-corrected chi connectivity index (χ1v) is 5.36. The zero-order valence-electron chi connectivity index (χ0n) is 9.61. The number of methoxy groups -OCH3 is 1. The van der Waals surface area contributed by atoms with E-state index in [1.54, 1.807) is 7.11 Å². The lowest BCUT2D eigenvalue weighted by Gasteiger charge is -2.09. The average molecular weight is 225 g/mol. The molecule has 0 saturated carbocycles. The fourth-order valence-electron chi connectivity index (χ4n) is 1.45. The third kappa shape index (κ3) is 4.46. The molecule has 16 heavy (non-hydrogen) atoms. The summed E-state index contributed by atoms with van der Waals surface area (Å²) in [6.07, 6.45) is 2.33. The zero-order chi connectivity index (χ0) is 11.8. The number of carbonyl (C=O) groups is 1. The summed E-state index contributed by atoms with van der Waals surface area (Å²) in [4.78, 5) is 10.7. The summed E-state index contributed by atoms with van der Waals surface area (Å²) in [5.41, 5.74) is 6.26. The van der Waals surface area contributed by atoms with Crippen molar-refractivity contribution in [2.75, 3.05) is 20.3 Å². The van der Waals surface area contributed by atoms with Crippen molar-refractivity contribution in [2.45, 2.75) is 19.5 Å². The van der Waals surface area contributed by atoms with Crippen molar-refractivity contribution < 1.29 is 9.53 Å². The molecular weight excluding hydrogens is 206 g/mol. The van der Waals surface area contributed by atoms with Gasteiger partial charge in [0.15, 0.2) is 0 Å². The van der Waals surface area contributed by atoms with E-state index in [2.05, 4.69) is 5.32 Å². The highest BCUT2D eigenvalue weighted by atomic mass is 16.5. The van der Waals surface area contributed by atoms with Crippen molar-refractivity contribution >= 4 is 5.91 Å². The second-order valence-electron chi connectivity index (χ2n) is 3.58. The van der Waals surface area contributed by atoms with E-state index in [9.17, 15) is 4.79 Å². The summed E-state index contributed by atoms with van der Waals surface area (Å²) < 4.78 is 6.97. The van der Waals surface area contributed by atoms with Gasteiger partial charge in [0.1, 0.15) is 0 Å². The maximum Gasteiger partial charge on any atom is 0.219 e. The maximum atomic E-state index is 10.7. The highest BCUT2D eigenvalue weighted by Gasteiger charge is 2.01. The van der Waals surface area contributed by atoms with Crippen LogP contribution in [0.15, 0.2) is 18.3 Å². The minimum Gasteiger partial charge on any atom is -0.383 e. The Hall–Kier alpha value is -1.33. The smallest absolute Gasteiger partial charge is 0.219 e. The Kier molecular flexibility index (Phi) is 5.60. The normalized spacial score (nSPS) is 10.6. The number of rotatable bonds is 8. The maximum absolute atomic E-state index is 10.7. The number of primary amides is 1. The molecule has 0 saturated heterocycles. The molecule has 0 fully saturated rings. The van der Waals surface area contributed by atoms with Crippen LogP contribution in [-0.4, -0.2) is 30.7 Å². The van der Waals surface area contributed by atoms with Crippen molar-refractivity contribution in [3.05, 3.63) is 24.0 Å². The van der Waals surface area contributed by atoms with Crippen LogP contribution in [-0.2, 0) is 22.6 Å². The largest absolute Gasteiger partial charge is 0.383 e. The Bertz CT molecular complexity index is 323. The van der Waals surface area contributed by atoms with Gasteiger partial charge in [0.25, 0.3) is 0 Å². The van der Waals surface area contributed by atoms with E-state index in [1.807, 2.05) is 22.9 Å². The van der Waals surface area contributed by atoms with Crippen molar-refractivity contribution in [1.29, 1.82) is 0 Å². The summed E-state index contributed by atoms with van der Waals surface area (Å²) in [6, 6.07) is 4.00. The molecule has 0 spiro atoms. The number of nitrogens with zero attached hydrogens (tertiary/aromatic N) is 1. The second kappa shape index (κ2) is 7.03. The number of hydrogen-bond acceptors (Lipinski definition) is 3. The van der Waals surface area contributed by atoms with Crippen LogP contribution in [0.3, 0.4) is 0 Å². The number of aryl methyl sites for hydroxylation is 1. The predicted octanol–water partition coefficient (Wildman–Crippen LogP) is 0.0995. The lowest BCUT2D eigenvalue weighted by Crippen LogP contribution is -2.21. The second-order valence-corrected chi connectivity index (χ2v) is 3.58. The lowest BCUT2D eigenvalue weighted by molar-refractivity contribution is -0.118. The first kappa shape index (κ1) is 12.7. The third-order valence-electron chi connectivity index (χ3n) is 2.31. The number of amides is 1. The van der Waals surface area contributed by atoms with E-state index in [0.717, 1.165) is 18.8 Å². The average Bonchev–Trinajstić information content (AvgIpc) is 2.69. The fourth-order valence-corrected chi connectivity index (χ4v) is 1.45. The van der Waals surface area contributed by atoms with Crippen molar-refractivity contribution in [1.82, 2.24) is 9.88 Å². The molecule has 0 aromatic carbocycles. The van der Waals surface area contributed by atoms with Crippen LogP contribution in [0.4, 0.5) is 0 Å². The molecule has 0 unspecified atom stereocenters. The molecule has 1 rings (SSSR count). The molecule has 5 nitrogen and oxygen atoms in total. The molecule has 1 aromatic rings. The molecule has 3 N–H and O–H groups in total. The Morgan fingerprint density at radius 3 is 3.12 bits per heavy atom. The van der Waals surface area contributed by atoms with Crippen molar-refractivity contribution in [3.63, 3.8) is 0 Å². The molecule has 1 aromatic heterocycles. The molecule has 0 radical (unpaired) electrons. The van der Waals surface area contributed by atoms with Crippen LogP contribution in [0.5, 0.6) is 0 Å². The summed E-state index contributed by atoms with van der Waals surface area (Å²) in [6.45, 7) is 2.93. The number of hydrogen-bond donors (Lipinski definition) is 2. The number of nitrogens with one attached hydrogen (secondary N) is 1. The Morgan fingerprint density at radius 1 is 1.62 bits per heavy atom. The number of carbonyl (C=O) groups excluding carboxylic acids is 1. The monoisotopic (exact) mass is 225 g/mol. The summed E-state index contributed by atoms with van der Waals surface area (Å²) in [5.74, 6) is -0.271. The van der Waals surface area contributed by atoms with Gasteiger partial charge in [-0.05, 0) is 12.1 Å². The molecular formula is C11H19N3O2. The zero-order valence-corrected chi connectivity index (χ0v) is 9.61. The topological polar surface area (TPSA) is 69.3 Å². The van der Waals surface area contributed by atoms with Gasteiger partial charge in [0.05, 0.1) is 6.61 Å². The van der Waals surface area contributed by atoms with E-state index < -0.39 is 0 Å². The highest BCUT2D eigenvalue weighted by Crippen LogP contribution is 2.03. The third-order valence-corrected chi connectivity index (χ3v) is 2.31. The van der Waals surface area contributed by atoms with Crippen LogP contribution in [0.25, 0.3) is 0 Å². The van der Waals surface area contributed by atoms with Crippen molar-refractivity contribution in [3.8, 4) is 0 Å². The minimum absolute atomic E-state index is 0.271. The van der Waals surface area contributed by atoms with Crippen LogP contribution in [0, 0.1) is 0 Å². The molecule has 0 aliphatic carbocycles.